The maximum absolute atomic E-state index is 5.63. The molecule has 0 N–H and O–H groups in total. The van der Waals surface area contributed by atoms with E-state index in [0.717, 1.165) is 22.4 Å². The molecule has 0 amide bonds. The second-order valence-electron chi connectivity index (χ2n) is 5.50. The van der Waals surface area contributed by atoms with Crippen molar-refractivity contribution in [3.63, 3.8) is 0 Å². The van der Waals surface area contributed by atoms with Gasteiger partial charge in [0, 0.05) is 23.5 Å². The Morgan fingerprint density at radius 2 is 1.54 bits per heavy atom. The molecular weight excluding hydrogens is 328 g/mol. The Hall–Kier alpha value is -3.34. The van der Waals surface area contributed by atoms with Gasteiger partial charge in [0.1, 0.15) is 12.3 Å². The lowest BCUT2D eigenvalue weighted by Gasteiger charge is -2.10. The summed E-state index contributed by atoms with van der Waals surface area (Å²) < 4.78 is 10.6. The predicted molar refractivity (Wildman–Crippen MR) is 101 cm³/mol. The van der Waals surface area contributed by atoms with Crippen LogP contribution in [0.2, 0.25) is 0 Å². The third-order valence-corrected chi connectivity index (χ3v) is 3.84. The molecule has 5 nitrogen and oxygen atoms in total. The smallest absolute Gasteiger partial charge is 0.161 e. The van der Waals surface area contributed by atoms with Crippen LogP contribution in [0.3, 0.4) is 0 Å². The normalized spacial score (nSPS) is 11.1. The molecule has 0 unspecified atom stereocenters. The van der Waals surface area contributed by atoms with E-state index in [1.807, 2.05) is 60.7 Å². The van der Waals surface area contributed by atoms with Crippen molar-refractivity contribution in [1.29, 1.82) is 0 Å². The van der Waals surface area contributed by atoms with Crippen LogP contribution in [0.1, 0.15) is 16.7 Å². The molecule has 0 atom stereocenters. The summed E-state index contributed by atoms with van der Waals surface area (Å²) in [4.78, 5) is 9.70. The van der Waals surface area contributed by atoms with Crippen LogP contribution in [0.4, 0.5) is 0 Å². The lowest BCUT2D eigenvalue weighted by molar-refractivity contribution is 0.130. The summed E-state index contributed by atoms with van der Waals surface area (Å²) in [7, 11) is 3.22. The highest BCUT2D eigenvalue weighted by molar-refractivity contribution is 6.12. The maximum Gasteiger partial charge on any atom is 0.161 e. The quantitative estimate of drug-likeness (QED) is 0.477. The Labute approximate surface area is 152 Å². The van der Waals surface area contributed by atoms with Gasteiger partial charge >= 0.3 is 0 Å². The molecule has 26 heavy (non-hydrogen) atoms. The zero-order chi connectivity index (χ0) is 18.2. The molecule has 0 saturated heterocycles. The summed E-state index contributed by atoms with van der Waals surface area (Å²) >= 11 is 0. The second-order valence-corrected chi connectivity index (χ2v) is 5.50. The Morgan fingerprint density at radius 1 is 0.846 bits per heavy atom. The van der Waals surface area contributed by atoms with Crippen molar-refractivity contribution >= 4 is 5.71 Å². The van der Waals surface area contributed by atoms with E-state index in [9.17, 15) is 0 Å². The molecule has 0 spiro atoms. The van der Waals surface area contributed by atoms with E-state index in [2.05, 4.69) is 10.1 Å². The van der Waals surface area contributed by atoms with E-state index >= 15 is 0 Å². The van der Waals surface area contributed by atoms with Gasteiger partial charge < -0.3 is 14.3 Å². The molecule has 0 radical (unpaired) electrons. The highest BCUT2D eigenvalue weighted by atomic mass is 16.6. The number of aromatic nitrogens is 1. The molecule has 3 rings (SSSR count). The minimum absolute atomic E-state index is 0.321. The SMILES string of the molecule is COc1ccc(CON=C(c2ccccc2)c2ccncc2)cc1OC. The van der Waals surface area contributed by atoms with Crippen LogP contribution in [0, 0.1) is 0 Å². The number of pyridine rings is 1. The number of oxime groups is 1. The minimum atomic E-state index is 0.321. The first-order valence-corrected chi connectivity index (χ1v) is 8.18. The number of benzene rings is 2. The molecule has 132 valence electrons. The van der Waals surface area contributed by atoms with Gasteiger partial charge in [-0.05, 0) is 29.8 Å². The van der Waals surface area contributed by atoms with E-state index in [4.69, 9.17) is 14.3 Å². The van der Waals surface area contributed by atoms with Crippen LogP contribution in [0.15, 0.2) is 78.2 Å². The average Bonchev–Trinajstić information content (AvgIpc) is 2.72. The third-order valence-electron chi connectivity index (χ3n) is 3.84. The summed E-state index contributed by atoms with van der Waals surface area (Å²) in [6, 6.07) is 19.4. The lowest BCUT2D eigenvalue weighted by atomic mass is 10.0. The highest BCUT2D eigenvalue weighted by Gasteiger charge is 2.08. The highest BCUT2D eigenvalue weighted by Crippen LogP contribution is 2.27. The molecular formula is C21H20N2O3. The van der Waals surface area contributed by atoms with E-state index in [1.54, 1.807) is 26.6 Å². The Bertz CT molecular complexity index is 823. The fourth-order valence-electron chi connectivity index (χ4n) is 2.52. The molecule has 0 aliphatic heterocycles. The van der Waals surface area contributed by atoms with Crippen molar-refractivity contribution in [2.24, 2.45) is 5.16 Å². The summed E-state index contributed by atoms with van der Waals surface area (Å²) in [5, 5.41) is 4.37. The predicted octanol–water partition coefficient (Wildman–Crippen LogP) is 4.07. The van der Waals surface area contributed by atoms with Gasteiger partial charge in [0.05, 0.1) is 14.2 Å². The number of hydrogen-bond acceptors (Lipinski definition) is 5. The van der Waals surface area contributed by atoms with Crippen LogP contribution < -0.4 is 9.47 Å². The van der Waals surface area contributed by atoms with Crippen LogP contribution in [-0.2, 0) is 11.4 Å². The topological polar surface area (TPSA) is 52.9 Å². The first kappa shape index (κ1) is 17.5. The zero-order valence-electron chi connectivity index (χ0n) is 14.8. The van der Waals surface area contributed by atoms with Gasteiger partial charge in [0.15, 0.2) is 11.5 Å². The molecule has 1 aromatic heterocycles. The summed E-state index contributed by atoms with van der Waals surface area (Å²) in [5.74, 6) is 1.34. The molecule has 0 fully saturated rings. The number of hydrogen-bond donors (Lipinski definition) is 0. The Morgan fingerprint density at radius 3 is 2.23 bits per heavy atom. The van der Waals surface area contributed by atoms with Crippen molar-refractivity contribution < 1.29 is 14.3 Å². The number of nitrogens with zero attached hydrogens (tertiary/aromatic N) is 2. The average molecular weight is 348 g/mol. The van der Waals surface area contributed by atoms with Gasteiger partial charge in [0.25, 0.3) is 0 Å². The van der Waals surface area contributed by atoms with Crippen molar-refractivity contribution in [3.05, 3.63) is 89.7 Å². The largest absolute Gasteiger partial charge is 0.493 e. The lowest BCUT2D eigenvalue weighted by Crippen LogP contribution is -2.04. The summed E-state index contributed by atoms with van der Waals surface area (Å²) in [6.07, 6.45) is 3.48. The fraction of sp³-hybridized carbons (Fsp3) is 0.143. The van der Waals surface area contributed by atoms with Crippen molar-refractivity contribution in [3.8, 4) is 11.5 Å². The molecule has 2 aromatic carbocycles. The molecule has 0 saturated carbocycles. The van der Waals surface area contributed by atoms with Gasteiger partial charge in [-0.3, -0.25) is 4.98 Å². The minimum Gasteiger partial charge on any atom is -0.493 e. The second kappa shape index (κ2) is 8.67. The first-order valence-electron chi connectivity index (χ1n) is 8.18. The summed E-state index contributed by atoms with van der Waals surface area (Å²) in [6.45, 7) is 0.321. The Balaban J connectivity index is 1.81. The van der Waals surface area contributed by atoms with E-state index in [-0.39, 0.29) is 0 Å². The van der Waals surface area contributed by atoms with Crippen LogP contribution in [0.25, 0.3) is 0 Å². The van der Waals surface area contributed by atoms with E-state index < -0.39 is 0 Å². The standard InChI is InChI=1S/C21H20N2O3/c1-24-19-9-8-16(14-20(19)25-2)15-26-23-21(17-6-4-3-5-7-17)18-10-12-22-13-11-18/h3-14H,15H2,1-2H3. The zero-order valence-corrected chi connectivity index (χ0v) is 14.8. The first-order chi connectivity index (χ1) is 12.8. The molecule has 3 aromatic rings. The molecule has 0 aliphatic carbocycles. The molecule has 5 heteroatoms. The van der Waals surface area contributed by atoms with Gasteiger partial charge in [0.2, 0.25) is 0 Å². The monoisotopic (exact) mass is 348 g/mol. The van der Waals surface area contributed by atoms with Gasteiger partial charge in [-0.25, -0.2) is 0 Å². The van der Waals surface area contributed by atoms with Crippen molar-refractivity contribution in [2.75, 3.05) is 14.2 Å². The van der Waals surface area contributed by atoms with Crippen molar-refractivity contribution in [2.45, 2.75) is 6.61 Å². The fourth-order valence-corrected chi connectivity index (χ4v) is 2.52. The molecule has 0 aliphatic rings. The maximum atomic E-state index is 5.63. The third kappa shape index (κ3) is 4.19. The number of rotatable bonds is 7. The molecule has 1 heterocycles. The summed E-state index contributed by atoms with van der Waals surface area (Å²) in [5.41, 5.74) is 3.62. The van der Waals surface area contributed by atoms with Gasteiger partial charge in [-0.1, -0.05) is 41.6 Å². The Kier molecular flexibility index (Phi) is 5.83. The number of ether oxygens (including phenoxy) is 2. The van der Waals surface area contributed by atoms with Gasteiger partial charge in [-0.15, -0.1) is 0 Å². The van der Waals surface area contributed by atoms with Crippen LogP contribution in [-0.4, -0.2) is 24.9 Å². The van der Waals surface area contributed by atoms with Crippen LogP contribution in [0.5, 0.6) is 11.5 Å². The van der Waals surface area contributed by atoms with Gasteiger partial charge in [-0.2, -0.15) is 0 Å². The molecule has 0 bridgehead atoms. The van der Waals surface area contributed by atoms with E-state index in [1.165, 1.54) is 0 Å². The number of methoxy groups -OCH3 is 2. The van der Waals surface area contributed by atoms with E-state index in [0.29, 0.717) is 18.1 Å². The van der Waals surface area contributed by atoms with Crippen molar-refractivity contribution in [1.82, 2.24) is 4.98 Å². The van der Waals surface area contributed by atoms with Crippen LogP contribution >= 0.6 is 0 Å².